The summed E-state index contributed by atoms with van der Waals surface area (Å²) in [5.74, 6) is -0.262. The van der Waals surface area contributed by atoms with Crippen LogP contribution in [0.1, 0.15) is 15.9 Å². The van der Waals surface area contributed by atoms with Gasteiger partial charge in [0.05, 0.1) is 16.0 Å². The topological polar surface area (TPSA) is 94.6 Å². The summed E-state index contributed by atoms with van der Waals surface area (Å²) in [4.78, 5) is 41.8. The molecule has 0 saturated carbocycles. The van der Waals surface area contributed by atoms with E-state index in [1.54, 1.807) is 34.7 Å². The van der Waals surface area contributed by atoms with Crippen LogP contribution in [0.5, 0.6) is 0 Å². The number of aromatic nitrogens is 2. The van der Waals surface area contributed by atoms with E-state index >= 15 is 0 Å². The summed E-state index contributed by atoms with van der Waals surface area (Å²) in [6, 6.07) is 22.5. The predicted molar refractivity (Wildman–Crippen MR) is 132 cm³/mol. The molecule has 2 heterocycles. The fourth-order valence-corrected chi connectivity index (χ4v) is 4.52. The van der Waals surface area contributed by atoms with Gasteiger partial charge in [0.1, 0.15) is 5.65 Å². The van der Waals surface area contributed by atoms with Gasteiger partial charge in [-0.15, -0.1) is 0 Å². The second-order valence-electron chi connectivity index (χ2n) is 8.00. The number of rotatable bonds is 4. The minimum absolute atomic E-state index is 0.0439. The number of nitrogens with zero attached hydrogens (tertiary/aromatic N) is 3. The molecule has 0 aliphatic carbocycles. The monoisotopic (exact) mass is 445 g/mol. The lowest BCUT2D eigenvalue weighted by Gasteiger charge is -2.10. The van der Waals surface area contributed by atoms with Crippen LogP contribution in [0.3, 0.4) is 0 Å². The molecule has 34 heavy (non-hydrogen) atoms. The summed E-state index contributed by atoms with van der Waals surface area (Å²) in [7, 11) is 0. The van der Waals surface area contributed by atoms with Crippen molar-refractivity contribution in [2.75, 3.05) is 0 Å². The van der Waals surface area contributed by atoms with Gasteiger partial charge in [0.25, 0.3) is 11.2 Å². The molecule has 0 N–H and O–H groups in total. The van der Waals surface area contributed by atoms with Gasteiger partial charge in [-0.25, -0.2) is 4.98 Å². The van der Waals surface area contributed by atoms with E-state index in [1.165, 1.54) is 18.2 Å². The summed E-state index contributed by atoms with van der Waals surface area (Å²) in [5, 5.41) is 13.7. The van der Waals surface area contributed by atoms with Crippen molar-refractivity contribution in [2.45, 2.75) is 0 Å². The molecule has 0 aliphatic rings. The first kappa shape index (κ1) is 19.8. The Hall–Kier alpha value is -4.91. The Morgan fingerprint density at radius 1 is 0.912 bits per heavy atom. The molecule has 6 rings (SSSR count). The first-order chi connectivity index (χ1) is 16.5. The maximum absolute atomic E-state index is 13.4. The third-order valence-corrected chi connectivity index (χ3v) is 6.05. The number of hydrogen-bond acceptors (Lipinski definition) is 5. The fourth-order valence-electron chi connectivity index (χ4n) is 4.52. The van der Waals surface area contributed by atoms with Crippen molar-refractivity contribution in [1.82, 2.24) is 9.38 Å². The van der Waals surface area contributed by atoms with E-state index in [1.807, 2.05) is 42.5 Å². The molecule has 0 bridgehead atoms. The Morgan fingerprint density at radius 3 is 2.56 bits per heavy atom. The van der Waals surface area contributed by atoms with E-state index < -0.39 is 4.92 Å². The average Bonchev–Trinajstić information content (AvgIpc) is 3.25. The zero-order chi connectivity index (χ0) is 23.4. The maximum atomic E-state index is 13.4. The van der Waals surface area contributed by atoms with Crippen LogP contribution in [0.2, 0.25) is 0 Å². The zero-order valence-electron chi connectivity index (χ0n) is 17.6. The number of benzene rings is 4. The molecule has 0 spiro atoms. The quantitative estimate of drug-likeness (QED) is 0.157. The minimum Gasteiger partial charge on any atom is -0.289 e. The number of imidazole rings is 1. The SMILES string of the molecule is O=C(/C=C/c1cccc([N+](=O)[O-])c1)c1ccc2c(=O)n3c4ccccc4nc3c3cccc1c23. The van der Waals surface area contributed by atoms with Gasteiger partial charge < -0.3 is 0 Å². The molecule has 0 aliphatic heterocycles. The number of carbonyl (C=O) groups is 1. The van der Waals surface area contributed by atoms with E-state index in [0.717, 1.165) is 16.4 Å². The predicted octanol–water partition coefficient (Wildman–Crippen LogP) is 5.40. The van der Waals surface area contributed by atoms with Crippen LogP contribution >= 0.6 is 0 Å². The molecule has 0 saturated heterocycles. The maximum Gasteiger partial charge on any atom is 0.270 e. The minimum atomic E-state index is -0.476. The van der Waals surface area contributed by atoms with Crippen LogP contribution in [0, 0.1) is 10.1 Å². The summed E-state index contributed by atoms with van der Waals surface area (Å²) in [5.41, 5.74) is 2.79. The van der Waals surface area contributed by atoms with E-state index in [-0.39, 0.29) is 17.0 Å². The molecule has 162 valence electrons. The Morgan fingerprint density at radius 2 is 1.71 bits per heavy atom. The lowest BCUT2D eigenvalue weighted by atomic mass is 9.95. The van der Waals surface area contributed by atoms with Gasteiger partial charge >= 0.3 is 0 Å². The van der Waals surface area contributed by atoms with E-state index in [0.29, 0.717) is 32.9 Å². The van der Waals surface area contributed by atoms with E-state index in [4.69, 9.17) is 0 Å². The van der Waals surface area contributed by atoms with Gasteiger partial charge in [0.15, 0.2) is 5.78 Å². The van der Waals surface area contributed by atoms with Crippen molar-refractivity contribution in [1.29, 1.82) is 0 Å². The zero-order valence-corrected chi connectivity index (χ0v) is 17.6. The molecule has 0 radical (unpaired) electrons. The molecule has 7 heteroatoms. The van der Waals surface area contributed by atoms with Gasteiger partial charge in [-0.2, -0.15) is 0 Å². The average molecular weight is 445 g/mol. The Kier molecular flexibility index (Phi) is 4.25. The Labute approximate surface area is 191 Å². The highest BCUT2D eigenvalue weighted by Gasteiger charge is 2.18. The summed E-state index contributed by atoms with van der Waals surface area (Å²) in [6.07, 6.45) is 2.94. The molecule has 6 aromatic rings. The number of nitro groups is 1. The first-order valence-corrected chi connectivity index (χ1v) is 10.6. The Bertz CT molecular complexity index is 1890. The second-order valence-corrected chi connectivity index (χ2v) is 8.00. The third kappa shape index (κ3) is 2.87. The first-order valence-electron chi connectivity index (χ1n) is 10.6. The highest BCUT2D eigenvalue weighted by molar-refractivity contribution is 6.23. The normalized spacial score (nSPS) is 11.9. The molecular formula is C27H15N3O4. The molecule has 7 nitrogen and oxygen atoms in total. The molecule has 0 unspecified atom stereocenters. The van der Waals surface area contributed by atoms with Crippen molar-refractivity contribution in [3.8, 4) is 0 Å². The smallest absolute Gasteiger partial charge is 0.270 e. The summed E-state index contributed by atoms with van der Waals surface area (Å²) >= 11 is 0. The molecule has 0 amide bonds. The van der Waals surface area contributed by atoms with Crippen molar-refractivity contribution in [3.63, 3.8) is 0 Å². The van der Waals surface area contributed by atoms with Crippen LogP contribution in [0.15, 0.2) is 89.7 Å². The number of pyridine rings is 1. The van der Waals surface area contributed by atoms with Crippen molar-refractivity contribution >= 4 is 55.8 Å². The molecule has 0 atom stereocenters. The second kappa shape index (κ2) is 7.31. The van der Waals surface area contributed by atoms with Gasteiger partial charge in [-0.05, 0) is 41.3 Å². The van der Waals surface area contributed by atoms with Gasteiger partial charge in [0, 0.05) is 33.9 Å². The van der Waals surface area contributed by atoms with Crippen LogP contribution in [0.25, 0.3) is 44.3 Å². The molecule has 2 aromatic heterocycles. The lowest BCUT2D eigenvalue weighted by molar-refractivity contribution is -0.384. The number of hydrogen-bond donors (Lipinski definition) is 0. The molecule has 4 aromatic carbocycles. The van der Waals surface area contributed by atoms with Crippen molar-refractivity contribution in [3.05, 3.63) is 117 Å². The van der Waals surface area contributed by atoms with E-state index in [2.05, 4.69) is 4.98 Å². The standard InChI is InChI=1S/C27H15N3O4/c31-24(14-11-16-5-3-6-17(15-16)30(33)34)18-12-13-21-25-19(18)7-4-8-20(25)26-28-22-9-1-2-10-23(22)29(26)27(21)32/h1-15H/b14-11+. The summed E-state index contributed by atoms with van der Waals surface area (Å²) < 4.78 is 1.62. The Balaban J connectivity index is 1.54. The largest absolute Gasteiger partial charge is 0.289 e. The van der Waals surface area contributed by atoms with Crippen LogP contribution in [0.4, 0.5) is 5.69 Å². The number of ketones is 1. The number of non-ortho nitro benzene ring substituents is 1. The third-order valence-electron chi connectivity index (χ3n) is 6.05. The van der Waals surface area contributed by atoms with E-state index in [9.17, 15) is 19.7 Å². The fraction of sp³-hybridized carbons (Fsp3) is 0. The number of fused-ring (bicyclic) bond motifs is 4. The van der Waals surface area contributed by atoms with Gasteiger partial charge in [0.2, 0.25) is 0 Å². The molecular weight excluding hydrogens is 430 g/mol. The van der Waals surface area contributed by atoms with Crippen molar-refractivity contribution < 1.29 is 9.72 Å². The number of carbonyl (C=O) groups excluding carboxylic acids is 1. The highest BCUT2D eigenvalue weighted by Crippen LogP contribution is 2.32. The van der Waals surface area contributed by atoms with Gasteiger partial charge in [-0.3, -0.25) is 24.1 Å². The van der Waals surface area contributed by atoms with Crippen LogP contribution < -0.4 is 5.56 Å². The molecule has 0 fully saturated rings. The van der Waals surface area contributed by atoms with Crippen LogP contribution in [-0.4, -0.2) is 20.1 Å². The van der Waals surface area contributed by atoms with Crippen LogP contribution in [-0.2, 0) is 0 Å². The number of para-hydroxylation sites is 2. The summed E-state index contributed by atoms with van der Waals surface area (Å²) in [6.45, 7) is 0. The van der Waals surface area contributed by atoms with Gasteiger partial charge in [-0.1, -0.05) is 48.5 Å². The van der Waals surface area contributed by atoms with Crippen molar-refractivity contribution in [2.24, 2.45) is 0 Å². The lowest BCUT2D eigenvalue weighted by Crippen LogP contribution is -2.13. The highest BCUT2D eigenvalue weighted by atomic mass is 16.6. The number of allylic oxidation sites excluding steroid dienone is 1. The number of nitro benzene ring substituents is 1.